The second-order valence-electron chi connectivity index (χ2n) is 12.2. The molecule has 0 atom stereocenters. The van der Waals surface area contributed by atoms with Crippen LogP contribution in [0, 0.1) is 11.3 Å². The number of pyridine rings is 1. The molecule has 0 fully saturated rings. The Hall–Kier alpha value is -3.85. The Balaban J connectivity index is 1.40. The number of hydrogen-bond donors (Lipinski definition) is 1. The maximum atomic E-state index is 14.1. The van der Waals surface area contributed by atoms with Gasteiger partial charge in [0.25, 0.3) is 10.0 Å². The third kappa shape index (κ3) is 17.3. The van der Waals surface area contributed by atoms with Crippen LogP contribution >= 0.6 is 11.6 Å². The second-order valence-corrected chi connectivity index (χ2v) is 14.5. The first-order valence-corrected chi connectivity index (χ1v) is 20.7. The summed E-state index contributed by atoms with van der Waals surface area (Å²) in [6, 6.07) is 11.0. The first kappa shape index (κ1) is 50.5. The van der Waals surface area contributed by atoms with Crippen LogP contribution in [-0.2, 0) is 54.1 Å². The number of anilines is 1. The number of nitrogens with zero attached hydrogens (tertiary/aromatic N) is 3. The number of hydrogen-bond acceptors (Lipinski definition) is 15. The Morgan fingerprint density at radius 1 is 0.717 bits per heavy atom. The predicted molar refractivity (Wildman–Crippen MR) is 214 cm³/mol. The summed E-state index contributed by atoms with van der Waals surface area (Å²) in [5.41, 5.74) is 3.65. The number of nitriles is 1. The van der Waals surface area contributed by atoms with Gasteiger partial charge in [-0.1, -0.05) is 23.7 Å². The minimum absolute atomic E-state index is 0.0397. The molecule has 21 heteroatoms. The van der Waals surface area contributed by atoms with Gasteiger partial charge in [-0.2, -0.15) is 18.4 Å². The summed E-state index contributed by atoms with van der Waals surface area (Å²) in [6.07, 6.45) is -3.99. The molecule has 0 aliphatic rings. The van der Waals surface area contributed by atoms with Crippen LogP contribution in [0.1, 0.15) is 11.3 Å². The monoisotopic (exact) mass is 892 g/mol. The molecular weight excluding hydrogens is 841 g/mol. The lowest BCUT2D eigenvalue weighted by Crippen LogP contribution is -2.27. The fraction of sp³-hybridized carbons (Fsp3) is 0.538. The minimum Gasteiger partial charge on any atom is -0.495 e. The highest BCUT2D eigenvalue weighted by molar-refractivity contribution is 7.93. The quantitative estimate of drug-likeness (QED) is 0.0855. The lowest BCUT2D eigenvalue weighted by molar-refractivity contribution is -0.141. The molecular formula is C39H52ClF3N4O12S. The molecule has 334 valence electrons. The summed E-state index contributed by atoms with van der Waals surface area (Å²) in [5.74, 6) is 0.0900. The number of alkyl halides is 3. The maximum absolute atomic E-state index is 14.1. The van der Waals surface area contributed by atoms with Crippen LogP contribution in [0.2, 0.25) is 5.02 Å². The van der Waals surface area contributed by atoms with Crippen molar-refractivity contribution in [3.63, 3.8) is 0 Å². The molecule has 2 aromatic carbocycles. The van der Waals surface area contributed by atoms with Crippen LogP contribution in [0.3, 0.4) is 0 Å². The van der Waals surface area contributed by atoms with Crippen LogP contribution in [0.5, 0.6) is 11.5 Å². The van der Waals surface area contributed by atoms with Gasteiger partial charge in [0.2, 0.25) is 0 Å². The predicted octanol–water partition coefficient (Wildman–Crippen LogP) is 4.60. The second kappa shape index (κ2) is 27.9. The van der Waals surface area contributed by atoms with Gasteiger partial charge in [-0.3, -0.25) is 9.29 Å². The van der Waals surface area contributed by atoms with E-state index in [1.54, 1.807) is 24.3 Å². The summed E-state index contributed by atoms with van der Waals surface area (Å²) in [5, 5.41) is 9.60. The number of nitrogens with two attached hydrogens (primary N) is 1. The van der Waals surface area contributed by atoms with E-state index in [1.165, 1.54) is 26.3 Å². The summed E-state index contributed by atoms with van der Waals surface area (Å²) in [4.78, 5) is 3.06. The van der Waals surface area contributed by atoms with Gasteiger partial charge in [-0.05, 0) is 24.3 Å². The molecule has 0 radical (unpaired) electrons. The minimum atomic E-state index is -4.82. The van der Waals surface area contributed by atoms with Crippen LogP contribution in [-0.4, -0.2) is 146 Å². The molecule has 16 nitrogen and oxygen atoms in total. The van der Waals surface area contributed by atoms with Gasteiger partial charge >= 0.3 is 6.18 Å². The Morgan fingerprint density at radius 3 is 1.63 bits per heavy atom. The number of methoxy groups -OCH3 is 1. The van der Waals surface area contributed by atoms with Crippen molar-refractivity contribution in [1.29, 1.82) is 5.26 Å². The van der Waals surface area contributed by atoms with E-state index in [2.05, 4.69) is 4.98 Å². The molecule has 3 aromatic rings. The van der Waals surface area contributed by atoms with E-state index in [0.29, 0.717) is 98.5 Å². The van der Waals surface area contributed by atoms with E-state index in [4.69, 9.17) is 64.7 Å². The molecule has 2 N–H and O–H groups in total. The smallest absolute Gasteiger partial charge is 0.433 e. The van der Waals surface area contributed by atoms with Crippen LogP contribution < -0.4 is 19.5 Å². The topological polar surface area (TPSA) is 192 Å². The van der Waals surface area contributed by atoms with Crippen molar-refractivity contribution in [3.05, 3.63) is 64.9 Å². The SMILES string of the molecule is COc1ccccc1N(C)S(=O)(=O)c1cc(-c2cnc(C(F)(F)F)cc2C#N)c(Cl)cc1OCCOCCOCCOCCOCCOCCOCCOCCOCCN. The highest BCUT2D eigenvalue weighted by Crippen LogP contribution is 2.41. The van der Waals surface area contributed by atoms with Crippen LogP contribution in [0.15, 0.2) is 53.6 Å². The average Bonchev–Trinajstić information content (AvgIpc) is 3.24. The highest BCUT2D eigenvalue weighted by Gasteiger charge is 2.34. The number of ether oxygens (including phenoxy) is 10. The third-order valence-electron chi connectivity index (χ3n) is 8.05. The van der Waals surface area contributed by atoms with Crippen LogP contribution in [0.4, 0.5) is 18.9 Å². The standard InChI is InChI=1S/C39H52ClF3N4O12S/c1-47(34-5-3-4-6-35(34)50-2)60(48,49)37-26-31(32-29-46-38(39(41,42)43)25-30(32)28-45)33(40)27-36(37)59-24-23-58-22-21-57-20-19-56-18-17-55-16-15-54-14-13-53-12-11-52-10-9-51-8-7-44/h3-6,25-27,29H,7-24,44H2,1-2H3. The van der Waals surface area contributed by atoms with E-state index in [9.17, 15) is 26.9 Å². The van der Waals surface area contributed by atoms with Gasteiger partial charge in [-0.15, -0.1) is 0 Å². The number of aromatic nitrogens is 1. The number of para-hydroxylation sites is 2. The van der Waals surface area contributed by atoms with E-state index < -0.39 is 27.5 Å². The molecule has 3 rings (SSSR count). The molecule has 1 aromatic heterocycles. The normalized spacial score (nSPS) is 11.8. The number of sulfonamides is 1. The Labute approximate surface area is 353 Å². The molecule has 1 heterocycles. The van der Waals surface area contributed by atoms with Crippen molar-refractivity contribution in [2.75, 3.05) is 137 Å². The van der Waals surface area contributed by atoms with Gasteiger partial charge in [0.05, 0.1) is 135 Å². The first-order valence-electron chi connectivity index (χ1n) is 18.8. The molecule has 0 saturated carbocycles. The zero-order valence-corrected chi connectivity index (χ0v) is 35.2. The zero-order valence-electron chi connectivity index (χ0n) is 33.6. The molecule has 0 bridgehead atoms. The van der Waals surface area contributed by atoms with Gasteiger partial charge in [0.15, 0.2) is 0 Å². The number of rotatable bonds is 32. The lowest BCUT2D eigenvalue weighted by Gasteiger charge is -2.24. The van der Waals surface area contributed by atoms with E-state index in [-0.39, 0.29) is 64.7 Å². The third-order valence-corrected chi connectivity index (χ3v) is 10.2. The summed E-state index contributed by atoms with van der Waals surface area (Å²) < 4.78 is 124. The lowest BCUT2D eigenvalue weighted by atomic mass is 10.0. The molecule has 0 aliphatic carbocycles. The summed E-state index contributed by atoms with van der Waals surface area (Å²) in [7, 11) is -1.76. The van der Waals surface area contributed by atoms with Crippen molar-refractivity contribution >= 4 is 27.3 Å². The van der Waals surface area contributed by atoms with Gasteiger partial charge < -0.3 is 53.1 Å². The van der Waals surface area contributed by atoms with Crippen molar-refractivity contribution in [2.45, 2.75) is 11.1 Å². The van der Waals surface area contributed by atoms with Gasteiger partial charge in [-0.25, -0.2) is 8.42 Å². The molecule has 60 heavy (non-hydrogen) atoms. The molecule has 0 amide bonds. The summed E-state index contributed by atoms with van der Waals surface area (Å²) in [6.45, 7) is 6.59. The van der Waals surface area contributed by atoms with Crippen molar-refractivity contribution in [3.8, 4) is 28.7 Å². The van der Waals surface area contributed by atoms with Gasteiger partial charge in [0.1, 0.15) is 28.7 Å². The fourth-order valence-corrected chi connectivity index (χ4v) is 6.67. The zero-order chi connectivity index (χ0) is 43.6. The molecule has 0 aliphatic heterocycles. The van der Waals surface area contributed by atoms with E-state index in [0.717, 1.165) is 16.6 Å². The number of benzene rings is 2. The Morgan fingerprint density at radius 2 is 1.18 bits per heavy atom. The van der Waals surface area contributed by atoms with Crippen molar-refractivity contribution in [1.82, 2.24) is 4.98 Å². The Bertz CT molecular complexity index is 1860. The van der Waals surface area contributed by atoms with E-state index >= 15 is 0 Å². The van der Waals surface area contributed by atoms with Crippen LogP contribution in [0.25, 0.3) is 11.1 Å². The fourth-order valence-electron chi connectivity index (χ4n) is 5.08. The van der Waals surface area contributed by atoms with Crippen molar-refractivity contribution < 1.29 is 69.0 Å². The average molecular weight is 893 g/mol. The Kier molecular flexibility index (Phi) is 23.5. The maximum Gasteiger partial charge on any atom is 0.433 e. The molecule has 0 saturated heterocycles. The first-order chi connectivity index (χ1) is 28.9. The number of halogens is 4. The molecule has 0 spiro atoms. The highest BCUT2D eigenvalue weighted by atomic mass is 35.5. The van der Waals surface area contributed by atoms with Crippen molar-refractivity contribution in [2.24, 2.45) is 5.73 Å². The van der Waals surface area contributed by atoms with Gasteiger partial charge in [0, 0.05) is 37.0 Å². The summed E-state index contributed by atoms with van der Waals surface area (Å²) >= 11 is 6.55. The molecule has 0 unspecified atom stereocenters. The van der Waals surface area contributed by atoms with E-state index in [1.807, 2.05) is 0 Å². The largest absolute Gasteiger partial charge is 0.495 e.